The van der Waals surface area contributed by atoms with Crippen LogP contribution >= 0.6 is 11.6 Å². The molecule has 7 heteroatoms. The van der Waals surface area contributed by atoms with Gasteiger partial charge in [0.05, 0.1) is 5.69 Å². The quantitative estimate of drug-likeness (QED) is 0.472. The van der Waals surface area contributed by atoms with E-state index in [1.807, 2.05) is 67.6 Å². The van der Waals surface area contributed by atoms with Crippen LogP contribution in [0.15, 0.2) is 71.3 Å². The molecule has 2 aromatic carbocycles. The predicted molar refractivity (Wildman–Crippen MR) is 107 cm³/mol. The molecule has 2 N–H and O–H groups in total. The Kier molecular flexibility index (Phi) is 4.72. The Balaban J connectivity index is 1.71. The second kappa shape index (κ2) is 7.47. The molecule has 6 nitrogen and oxygen atoms in total. The fraction of sp³-hybridized carbons (Fsp3) is 0.0500. The molecule has 0 radical (unpaired) electrons. The molecule has 0 fully saturated rings. The van der Waals surface area contributed by atoms with Gasteiger partial charge in [0, 0.05) is 28.4 Å². The molecule has 4 rings (SSSR count). The molecule has 0 aliphatic carbocycles. The van der Waals surface area contributed by atoms with Crippen LogP contribution in [0.4, 0.5) is 23.3 Å². The number of hydrogen-bond donors (Lipinski definition) is 2. The molecule has 0 aliphatic rings. The number of anilines is 4. The van der Waals surface area contributed by atoms with Gasteiger partial charge in [-0.2, -0.15) is 4.98 Å². The van der Waals surface area contributed by atoms with Crippen molar-refractivity contribution in [2.45, 2.75) is 6.92 Å². The minimum atomic E-state index is 0.411. The molecule has 27 heavy (non-hydrogen) atoms. The monoisotopic (exact) mass is 377 g/mol. The first-order valence-electron chi connectivity index (χ1n) is 8.33. The average molecular weight is 378 g/mol. The summed E-state index contributed by atoms with van der Waals surface area (Å²) in [5.74, 6) is 2.29. The van der Waals surface area contributed by atoms with Gasteiger partial charge in [0.2, 0.25) is 5.95 Å². The smallest absolute Gasteiger partial charge is 0.231 e. The molecular formula is C20H16ClN5O. The van der Waals surface area contributed by atoms with E-state index in [9.17, 15) is 0 Å². The maximum absolute atomic E-state index is 6.08. The van der Waals surface area contributed by atoms with Gasteiger partial charge in [0.1, 0.15) is 11.6 Å². The van der Waals surface area contributed by atoms with E-state index in [4.69, 9.17) is 16.1 Å². The van der Waals surface area contributed by atoms with Crippen LogP contribution in [-0.4, -0.2) is 15.1 Å². The summed E-state index contributed by atoms with van der Waals surface area (Å²) >= 11 is 6.08. The van der Waals surface area contributed by atoms with Crippen LogP contribution in [-0.2, 0) is 0 Å². The number of rotatable bonds is 5. The van der Waals surface area contributed by atoms with Gasteiger partial charge < -0.3 is 15.2 Å². The van der Waals surface area contributed by atoms with Crippen molar-refractivity contribution in [3.63, 3.8) is 0 Å². The molecule has 4 aromatic rings. The highest BCUT2D eigenvalue weighted by atomic mass is 35.5. The number of aryl methyl sites for hydroxylation is 1. The minimum absolute atomic E-state index is 0.411. The third-order valence-electron chi connectivity index (χ3n) is 3.76. The Morgan fingerprint density at radius 2 is 1.70 bits per heavy atom. The normalized spacial score (nSPS) is 10.6. The first-order chi connectivity index (χ1) is 13.2. The Morgan fingerprint density at radius 3 is 2.44 bits per heavy atom. The summed E-state index contributed by atoms with van der Waals surface area (Å²) < 4.78 is 5.09. The Bertz CT molecular complexity index is 1060. The Morgan fingerprint density at radius 1 is 0.852 bits per heavy atom. The second-order valence-corrected chi connectivity index (χ2v) is 6.35. The zero-order chi connectivity index (χ0) is 18.6. The summed E-state index contributed by atoms with van der Waals surface area (Å²) in [5, 5.41) is 10.9. The fourth-order valence-corrected chi connectivity index (χ4v) is 2.77. The van der Waals surface area contributed by atoms with E-state index in [0.717, 1.165) is 16.9 Å². The SMILES string of the molecule is Cc1cc(Nc2nc(Nc3cccc(Cl)c3)cc(-c3ccccc3)n2)no1. The summed E-state index contributed by atoms with van der Waals surface area (Å²) in [5.41, 5.74) is 2.59. The van der Waals surface area contributed by atoms with Crippen molar-refractivity contribution in [3.05, 3.63) is 77.5 Å². The molecule has 0 saturated carbocycles. The number of nitrogens with one attached hydrogen (secondary N) is 2. The highest BCUT2D eigenvalue weighted by Gasteiger charge is 2.09. The summed E-state index contributed by atoms with van der Waals surface area (Å²) in [6, 6.07) is 21.0. The lowest BCUT2D eigenvalue weighted by atomic mass is 10.1. The lowest BCUT2D eigenvalue weighted by Gasteiger charge is -2.11. The van der Waals surface area contributed by atoms with E-state index in [1.165, 1.54) is 0 Å². The van der Waals surface area contributed by atoms with Gasteiger partial charge in [-0.05, 0) is 25.1 Å². The van der Waals surface area contributed by atoms with Crippen molar-refractivity contribution >= 4 is 34.9 Å². The lowest BCUT2D eigenvalue weighted by molar-refractivity contribution is 0.400. The van der Waals surface area contributed by atoms with Crippen LogP contribution in [0.2, 0.25) is 5.02 Å². The van der Waals surface area contributed by atoms with Gasteiger partial charge in [-0.25, -0.2) is 4.98 Å². The van der Waals surface area contributed by atoms with Crippen LogP contribution in [0.5, 0.6) is 0 Å². The highest BCUT2D eigenvalue weighted by Crippen LogP contribution is 2.25. The highest BCUT2D eigenvalue weighted by molar-refractivity contribution is 6.30. The molecule has 2 aromatic heterocycles. The average Bonchev–Trinajstić information content (AvgIpc) is 3.07. The third-order valence-corrected chi connectivity index (χ3v) is 4.00. The van der Waals surface area contributed by atoms with Crippen LogP contribution < -0.4 is 10.6 Å². The second-order valence-electron chi connectivity index (χ2n) is 5.91. The van der Waals surface area contributed by atoms with Crippen molar-refractivity contribution in [2.24, 2.45) is 0 Å². The maximum atomic E-state index is 6.08. The van der Waals surface area contributed by atoms with Crippen molar-refractivity contribution in [1.82, 2.24) is 15.1 Å². The molecule has 2 heterocycles. The number of aromatic nitrogens is 3. The third kappa shape index (κ3) is 4.24. The molecule has 0 unspecified atom stereocenters. The maximum Gasteiger partial charge on any atom is 0.231 e. The molecule has 0 saturated heterocycles. The molecule has 0 aliphatic heterocycles. The lowest BCUT2D eigenvalue weighted by Crippen LogP contribution is -2.02. The summed E-state index contributed by atoms with van der Waals surface area (Å²) in [7, 11) is 0. The number of benzene rings is 2. The van der Waals surface area contributed by atoms with E-state index < -0.39 is 0 Å². The largest absolute Gasteiger partial charge is 0.360 e. The van der Waals surface area contributed by atoms with Gasteiger partial charge in [0.15, 0.2) is 5.82 Å². The zero-order valence-corrected chi connectivity index (χ0v) is 15.2. The number of hydrogen-bond acceptors (Lipinski definition) is 6. The van der Waals surface area contributed by atoms with Crippen molar-refractivity contribution in [3.8, 4) is 11.3 Å². The van der Waals surface area contributed by atoms with E-state index in [0.29, 0.717) is 28.4 Å². The van der Waals surface area contributed by atoms with E-state index in [2.05, 4.69) is 25.8 Å². The van der Waals surface area contributed by atoms with Crippen molar-refractivity contribution in [1.29, 1.82) is 0 Å². The van der Waals surface area contributed by atoms with Gasteiger partial charge >= 0.3 is 0 Å². The Hall–Kier alpha value is -3.38. The number of nitrogens with zero attached hydrogens (tertiary/aromatic N) is 3. The Labute approximate surface area is 161 Å². The van der Waals surface area contributed by atoms with Crippen molar-refractivity contribution in [2.75, 3.05) is 10.6 Å². The molecule has 0 atom stereocenters. The summed E-state index contributed by atoms with van der Waals surface area (Å²) in [6.07, 6.45) is 0. The summed E-state index contributed by atoms with van der Waals surface area (Å²) in [4.78, 5) is 9.13. The molecule has 134 valence electrons. The van der Waals surface area contributed by atoms with Gasteiger partial charge in [-0.15, -0.1) is 0 Å². The minimum Gasteiger partial charge on any atom is -0.360 e. The van der Waals surface area contributed by atoms with Crippen LogP contribution in [0.3, 0.4) is 0 Å². The first kappa shape index (κ1) is 17.1. The zero-order valence-electron chi connectivity index (χ0n) is 14.5. The van der Waals surface area contributed by atoms with E-state index >= 15 is 0 Å². The molecule has 0 bridgehead atoms. The van der Waals surface area contributed by atoms with Gasteiger partial charge in [-0.3, -0.25) is 0 Å². The van der Waals surface area contributed by atoms with E-state index in [-0.39, 0.29) is 0 Å². The van der Waals surface area contributed by atoms with Crippen LogP contribution in [0.25, 0.3) is 11.3 Å². The number of halogens is 1. The molecule has 0 amide bonds. The topological polar surface area (TPSA) is 75.9 Å². The van der Waals surface area contributed by atoms with E-state index in [1.54, 1.807) is 6.07 Å². The van der Waals surface area contributed by atoms with Gasteiger partial charge in [0.25, 0.3) is 0 Å². The summed E-state index contributed by atoms with van der Waals surface area (Å²) in [6.45, 7) is 1.82. The first-order valence-corrected chi connectivity index (χ1v) is 8.71. The van der Waals surface area contributed by atoms with Gasteiger partial charge in [-0.1, -0.05) is 53.2 Å². The molecule has 0 spiro atoms. The standard InChI is InChI=1S/C20H16ClN5O/c1-13-10-19(26-27-13)25-20-23-17(14-6-3-2-4-7-14)12-18(24-20)22-16-9-5-8-15(21)11-16/h2-12H,1H3,(H2,22,23,24,25,26). The molecular weight excluding hydrogens is 362 g/mol. The van der Waals surface area contributed by atoms with Crippen LogP contribution in [0, 0.1) is 6.92 Å². The van der Waals surface area contributed by atoms with Crippen molar-refractivity contribution < 1.29 is 4.52 Å². The fourth-order valence-electron chi connectivity index (χ4n) is 2.58. The predicted octanol–water partition coefficient (Wildman–Crippen LogP) is 5.58. The van der Waals surface area contributed by atoms with Crippen LogP contribution in [0.1, 0.15) is 5.76 Å².